The summed E-state index contributed by atoms with van der Waals surface area (Å²) in [6, 6.07) is 10.0. The number of hydrogen-bond acceptors (Lipinski definition) is 3. The van der Waals surface area contributed by atoms with Crippen molar-refractivity contribution >= 4 is 11.6 Å². The average Bonchev–Trinajstić information content (AvgIpc) is 3.09. The molecular weight excluding hydrogens is 314 g/mol. The van der Waals surface area contributed by atoms with Crippen LogP contribution in [0.3, 0.4) is 0 Å². The van der Waals surface area contributed by atoms with Crippen LogP contribution in [0, 0.1) is 13.8 Å². The summed E-state index contributed by atoms with van der Waals surface area (Å²) in [6.07, 6.45) is 3.09. The Bertz CT molecular complexity index is 974. The van der Waals surface area contributed by atoms with Gasteiger partial charge in [-0.1, -0.05) is 18.2 Å². The minimum absolute atomic E-state index is 0.110. The standard InChI is InChI=1S/C20H21N3O2/c1-12-4-7-18-22-14(3)19(23(18)11-12)20(24)21-10-15-5-6-17-16(9-15)8-13(2)25-17/h4-7,9,11,13H,8,10H2,1-3H3,(H,21,24). The molecule has 5 heteroatoms. The Labute approximate surface area is 146 Å². The zero-order valence-corrected chi connectivity index (χ0v) is 14.7. The lowest BCUT2D eigenvalue weighted by atomic mass is 10.1. The van der Waals surface area contributed by atoms with Gasteiger partial charge in [0.2, 0.25) is 0 Å². The number of amides is 1. The molecule has 128 valence electrons. The summed E-state index contributed by atoms with van der Waals surface area (Å²) >= 11 is 0. The third kappa shape index (κ3) is 2.86. The number of carbonyl (C=O) groups excluding carboxylic acids is 1. The van der Waals surface area contributed by atoms with Crippen molar-refractivity contribution in [2.24, 2.45) is 0 Å². The Morgan fingerprint density at radius 1 is 1.32 bits per heavy atom. The smallest absolute Gasteiger partial charge is 0.270 e. The minimum Gasteiger partial charge on any atom is -0.490 e. The molecule has 4 rings (SSSR count). The number of nitrogens with one attached hydrogen (secondary N) is 1. The molecule has 3 heterocycles. The van der Waals surface area contributed by atoms with E-state index >= 15 is 0 Å². The van der Waals surface area contributed by atoms with Gasteiger partial charge in [-0.25, -0.2) is 4.98 Å². The number of benzene rings is 1. The van der Waals surface area contributed by atoms with Crippen molar-refractivity contribution in [1.29, 1.82) is 0 Å². The van der Waals surface area contributed by atoms with Gasteiger partial charge in [0.15, 0.2) is 0 Å². The van der Waals surface area contributed by atoms with E-state index in [4.69, 9.17) is 4.74 Å². The highest BCUT2D eigenvalue weighted by atomic mass is 16.5. The summed E-state index contributed by atoms with van der Waals surface area (Å²) in [4.78, 5) is 17.2. The molecule has 0 saturated heterocycles. The largest absolute Gasteiger partial charge is 0.490 e. The molecule has 0 radical (unpaired) electrons. The first kappa shape index (κ1) is 15.7. The first-order valence-electron chi connectivity index (χ1n) is 8.53. The van der Waals surface area contributed by atoms with Crippen LogP contribution in [0.25, 0.3) is 5.65 Å². The first-order chi connectivity index (χ1) is 12.0. The van der Waals surface area contributed by atoms with E-state index in [0.29, 0.717) is 12.2 Å². The van der Waals surface area contributed by atoms with Gasteiger partial charge < -0.3 is 10.1 Å². The monoisotopic (exact) mass is 335 g/mol. The fourth-order valence-corrected chi connectivity index (χ4v) is 3.39. The van der Waals surface area contributed by atoms with Crippen LogP contribution < -0.4 is 10.1 Å². The van der Waals surface area contributed by atoms with Crippen LogP contribution in [0.4, 0.5) is 0 Å². The van der Waals surface area contributed by atoms with Crippen LogP contribution in [0.5, 0.6) is 5.75 Å². The quantitative estimate of drug-likeness (QED) is 0.800. The van der Waals surface area contributed by atoms with Crippen molar-refractivity contribution in [3.63, 3.8) is 0 Å². The number of carbonyl (C=O) groups is 1. The summed E-state index contributed by atoms with van der Waals surface area (Å²) in [7, 11) is 0. The van der Waals surface area contributed by atoms with Gasteiger partial charge in [-0.15, -0.1) is 0 Å². The molecule has 0 fully saturated rings. The molecule has 25 heavy (non-hydrogen) atoms. The predicted octanol–water partition coefficient (Wildman–Crippen LogP) is 3.20. The maximum absolute atomic E-state index is 12.7. The minimum atomic E-state index is -0.110. The SMILES string of the molecule is Cc1ccc2nc(C)c(C(=O)NCc3ccc4c(c3)CC(C)O4)n2c1. The van der Waals surface area contributed by atoms with Crippen molar-refractivity contribution in [3.8, 4) is 5.75 Å². The number of fused-ring (bicyclic) bond motifs is 2. The van der Waals surface area contributed by atoms with E-state index in [9.17, 15) is 4.79 Å². The number of rotatable bonds is 3. The molecular formula is C20H21N3O2. The van der Waals surface area contributed by atoms with E-state index in [2.05, 4.69) is 23.3 Å². The van der Waals surface area contributed by atoms with Crippen LogP contribution in [0.1, 0.15) is 39.8 Å². The van der Waals surface area contributed by atoms with Gasteiger partial charge in [-0.2, -0.15) is 0 Å². The summed E-state index contributed by atoms with van der Waals surface area (Å²) in [5.41, 5.74) is 5.49. The van der Waals surface area contributed by atoms with Gasteiger partial charge in [0.05, 0.1) is 5.69 Å². The van der Waals surface area contributed by atoms with Crippen LogP contribution in [-0.4, -0.2) is 21.4 Å². The highest BCUT2D eigenvalue weighted by molar-refractivity contribution is 5.94. The molecule has 1 atom stereocenters. The average molecular weight is 335 g/mol. The lowest BCUT2D eigenvalue weighted by molar-refractivity contribution is 0.0944. The van der Waals surface area contributed by atoms with E-state index in [1.54, 1.807) is 0 Å². The molecule has 1 aliphatic rings. The molecule has 0 spiro atoms. The van der Waals surface area contributed by atoms with Crippen molar-refractivity contribution in [2.75, 3.05) is 0 Å². The molecule has 1 aliphatic heterocycles. The Hall–Kier alpha value is -2.82. The van der Waals surface area contributed by atoms with Gasteiger partial charge >= 0.3 is 0 Å². The molecule has 0 bridgehead atoms. The van der Waals surface area contributed by atoms with Gasteiger partial charge in [-0.3, -0.25) is 9.20 Å². The number of nitrogens with zero attached hydrogens (tertiary/aromatic N) is 2. The second-order valence-electron chi connectivity index (χ2n) is 6.74. The molecule has 1 amide bonds. The van der Waals surface area contributed by atoms with Crippen molar-refractivity contribution in [1.82, 2.24) is 14.7 Å². The van der Waals surface area contributed by atoms with Crippen molar-refractivity contribution < 1.29 is 9.53 Å². The van der Waals surface area contributed by atoms with E-state index in [-0.39, 0.29) is 12.0 Å². The molecule has 2 aromatic heterocycles. The fraction of sp³-hybridized carbons (Fsp3) is 0.300. The normalized spacial score (nSPS) is 15.9. The molecule has 1 N–H and O–H groups in total. The number of aromatic nitrogens is 2. The van der Waals surface area contributed by atoms with E-state index in [0.717, 1.165) is 34.6 Å². The predicted molar refractivity (Wildman–Crippen MR) is 96.1 cm³/mol. The van der Waals surface area contributed by atoms with Gasteiger partial charge in [0.25, 0.3) is 5.91 Å². The Kier molecular flexibility index (Phi) is 3.71. The lowest BCUT2D eigenvalue weighted by Crippen LogP contribution is -2.25. The number of hydrogen-bond donors (Lipinski definition) is 1. The topological polar surface area (TPSA) is 55.6 Å². The first-order valence-corrected chi connectivity index (χ1v) is 8.53. The fourth-order valence-electron chi connectivity index (χ4n) is 3.39. The Morgan fingerprint density at radius 3 is 3.00 bits per heavy atom. The van der Waals surface area contributed by atoms with E-state index < -0.39 is 0 Å². The second kappa shape index (κ2) is 5.92. The maximum Gasteiger partial charge on any atom is 0.270 e. The van der Waals surface area contributed by atoms with Gasteiger partial charge in [0, 0.05) is 19.2 Å². The van der Waals surface area contributed by atoms with Crippen molar-refractivity contribution in [3.05, 3.63) is 64.6 Å². The second-order valence-corrected chi connectivity index (χ2v) is 6.74. The van der Waals surface area contributed by atoms with E-state index in [1.807, 2.05) is 48.7 Å². The molecule has 1 unspecified atom stereocenters. The molecule has 5 nitrogen and oxygen atoms in total. The molecule has 0 aliphatic carbocycles. The van der Waals surface area contributed by atoms with Crippen molar-refractivity contribution in [2.45, 2.75) is 39.8 Å². The third-order valence-corrected chi connectivity index (χ3v) is 4.57. The number of imidazole rings is 1. The summed E-state index contributed by atoms with van der Waals surface area (Å²) in [6.45, 7) is 6.42. The molecule has 3 aromatic rings. The van der Waals surface area contributed by atoms with E-state index in [1.165, 1.54) is 5.56 Å². The van der Waals surface area contributed by atoms with Crippen LogP contribution >= 0.6 is 0 Å². The third-order valence-electron chi connectivity index (χ3n) is 4.57. The maximum atomic E-state index is 12.7. The Morgan fingerprint density at radius 2 is 2.16 bits per heavy atom. The summed E-state index contributed by atoms with van der Waals surface area (Å²) < 4.78 is 7.58. The molecule has 1 aromatic carbocycles. The lowest BCUT2D eigenvalue weighted by Gasteiger charge is -2.08. The number of aryl methyl sites for hydroxylation is 2. The Balaban J connectivity index is 1.54. The van der Waals surface area contributed by atoms with Crippen LogP contribution in [0.2, 0.25) is 0 Å². The summed E-state index contributed by atoms with van der Waals surface area (Å²) in [5.74, 6) is 0.844. The highest BCUT2D eigenvalue weighted by Crippen LogP contribution is 2.29. The number of pyridine rings is 1. The summed E-state index contributed by atoms with van der Waals surface area (Å²) in [5, 5.41) is 3.02. The zero-order chi connectivity index (χ0) is 17.6. The highest BCUT2D eigenvalue weighted by Gasteiger charge is 2.20. The van der Waals surface area contributed by atoms with Crippen LogP contribution in [0.15, 0.2) is 36.5 Å². The van der Waals surface area contributed by atoms with Gasteiger partial charge in [0.1, 0.15) is 23.2 Å². The zero-order valence-electron chi connectivity index (χ0n) is 14.7. The van der Waals surface area contributed by atoms with Crippen LogP contribution in [-0.2, 0) is 13.0 Å². The van der Waals surface area contributed by atoms with Gasteiger partial charge in [-0.05, 0) is 49.6 Å². The number of ether oxygens (including phenoxy) is 1. The molecule has 0 saturated carbocycles.